The van der Waals surface area contributed by atoms with E-state index in [-0.39, 0.29) is 11.4 Å². The minimum Gasteiger partial charge on any atom is -0.469 e. The second-order valence-corrected chi connectivity index (χ2v) is 4.50. The number of fused-ring (bicyclic) bond motifs is 1. The first kappa shape index (κ1) is 10.2. The third-order valence-electron chi connectivity index (χ3n) is 3.32. The molecule has 0 radical (unpaired) electrons. The molecule has 15 heavy (non-hydrogen) atoms. The highest BCUT2D eigenvalue weighted by atomic mass is 16.5. The van der Waals surface area contributed by atoms with Gasteiger partial charge in [-0.25, -0.2) is 0 Å². The maximum Gasteiger partial charge on any atom is 0.311 e. The van der Waals surface area contributed by atoms with Gasteiger partial charge in [-0.05, 0) is 37.3 Å². The van der Waals surface area contributed by atoms with Crippen molar-refractivity contribution in [3.05, 3.63) is 35.4 Å². The maximum absolute atomic E-state index is 11.7. The lowest BCUT2D eigenvalue weighted by Gasteiger charge is -2.32. The first-order chi connectivity index (χ1) is 7.15. The third kappa shape index (κ3) is 1.76. The standard InChI is InChI=1S/C13H16O2/c1-13(12(14)15-2)8-7-10-5-3-4-6-11(10)9-13/h3-6H,7-9H2,1-2H3. The highest BCUT2D eigenvalue weighted by Gasteiger charge is 2.37. The van der Waals surface area contributed by atoms with Crippen LogP contribution in [0.3, 0.4) is 0 Å². The van der Waals surface area contributed by atoms with Crippen LogP contribution < -0.4 is 0 Å². The van der Waals surface area contributed by atoms with Crippen molar-refractivity contribution in [2.24, 2.45) is 5.41 Å². The van der Waals surface area contributed by atoms with Crippen molar-refractivity contribution in [2.45, 2.75) is 26.2 Å². The van der Waals surface area contributed by atoms with Gasteiger partial charge in [0.05, 0.1) is 12.5 Å². The summed E-state index contributed by atoms with van der Waals surface area (Å²) in [5.74, 6) is -0.0861. The summed E-state index contributed by atoms with van der Waals surface area (Å²) < 4.78 is 4.87. The Morgan fingerprint density at radius 2 is 2.00 bits per heavy atom. The molecule has 0 heterocycles. The van der Waals surface area contributed by atoms with Crippen molar-refractivity contribution in [1.82, 2.24) is 0 Å². The fraction of sp³-hybridized carbons (Fsp3) is 0.462. The molecule has 80 valence electrons. The molecule has 1 aromatic carbocycles. The smallest absolute Gasteiger partial charge is 0.311 e. The van der Waals surface area contributed by atoms with Crippen molar-refractivity contribution < 1.29 is 9.53 Å². The second kappa shape index (κ2) is 3.69. The van der Waals surface area contributed by atoms with E-state index in [1.54, 1.807) is 0 Å². The number of hydrogen-bond acceptors (Lipinski definition) is 2. The Kier molecular flexibility index (Phi) is 2.51. The highest BCUT2D eigenvalue weighted by Crippen LogP contribution is 2.35. The van der Waals surface area contributed by atoms with E-state index in [2.05, 4.69) is 18.2 Å². The van der Waals surface area contributed by atoms with Crippen LogP contribution in [0.1, 0.15) is 24.5 Å². The number of ether oxygens (including phenoxy) is 1. The fourth-order valence-corrected chi connectivity index (χ4v) is 2.31. The average molecular weight is 204 g/mol. The molecule has 2 rings (SSSR count). The number of esters is 1. The van der Waals surface area contributed by atoms with E-state index in [0.29, 0.717) is 0 Å². The lowest BCUT2D eigenvalue weighted by molar-refractivity contribution is -0.152. The summed E-state index contributed by atoms with van der Waals surface area (Å²) >= 11 is 0. The maximum atomic E-state index is 11.7. The van der Waals surface area contributed by atoms with Crippen molar-refractivity contribution in [2.75, 3.05) is 7.11 Å². The van der Waals surface area contributed by atoms with Gasteiger partial charge in [0.1, 0.15) is 0 Å². The first-order valence-electron chi connectivity index (χ1n) is 5.31. The normalized spacial score (nSPS) is 24.4. The molecule has 0 amide bonds. The lowest BCUT2D eigenvalue weighted by Crippen LogP contribution is -2.35. The predicted molar refractivity (Wildman–Crippen MR) is 58.6 cm³/mol. The average Bonchev–Trinajstić information content (AvgIpc) is 2.27. The Morgan fingerprint density at radius 1 is 1.33 bits per heavy atom. The molecule has 0 bridgehead atoms. The zero-order valence-corrected chi connectivity index (χ0v) is 9.25. The number of hydrogen-bond donors (Lipinski definition) is 0. The van der Waals surface area contributed by atoms with Gasteiger partial charge in [0.15, 0.2) is 0 Å². The summed E-state index contributed by atoms with van der Waals surface area (Å²) in [6.07, 6.45) is 2.66. The van der Waals surface area contributed by atoms with Crippen molar-refractivity contribution >= 4 is 5.97 Å². The molecule has 0 saturated carbocycles. The Hall–Kier alpha value is -1.31. The third-order valence-corrected chi connectivity index (χ3v) is 3.32. The first-order valence-corrected chi connectivity index (χ1v) is 5.31. The zero-order valence-electron chi connectivity index (χ0n) is 9.25. The summed E-state index contributed by atoms with van der Waals surface area (Å²) in [4.78, 5) is 11.7. The summed E-state index contributed by atoms with van der Waals surface area (Å²) in [6.45, 7) is 1.99. The minimum atomic E-state index is -0.330. The second-order valence-electron chi connectivity index (χ2n) is 4.50. The van der Waals surface area contributed by atoms with Gasteiger partial charge in [-0.3, -0.25) is 4.79 Å². The van der Waals surface area contributed by atoms with Gasteiger partial charge in [-0.1, -0.05) is 24.3 Å². The molecule has 1 aliphatic rings. The number of carbonyl (C=O) groups is 1. The Bertz CT molecular complexity index is 384. The molecular formula is C13H16O2. The monoisotopic (exact) mass is 204 g/mol. The molecule has 1 atom stereocenters. The molecule has 2 heteroatoms. The molecule has 0 saturated heterocycles. The summed E-state index contributed by atoms with van der Waals surface area (Å²) in [5, 5.41) is 0. The van der Waals surface area contributed by atoms with Crippen LogP contribution in [-0.4, -0.2) is 13.1 Å². The van der Waals surface area contributed by atoms with E-state index in [0.717, 1.165) is 19.3 Å². The molecule has 0 aliphatic heterocycles. The van der Waals surface area contributed by atoms with Crippen LogP contribution in [0, 0.1) is 5.41 Å². The summed E-state index contributed by atoms with van der Waals surface area (Å²) in [5.41, 5.74) is 2.33. The number of carbonyl (C=O) groups excluding carboxylic acids is 1. The van der Waals surface area contributed by atoms with Gasteiger partial charge < -0.3 is 4.74 Å². The Morgan fingerprint density at radius 3 is 2.67 bits per heavy atom. The van der Waals surface area contributed by atoms with Gasteiger partial charge in [0.25, 0.3) is 0 Å². The van der Waals surface area contributed by atoms with E-state index in [1.807, 2.05) is 13.0 Å². The number of benzene rings is 1. The quantitative estimate of drug-likeness (QED) is 0.656. The van der Waals surface area contributed by atoms with Crippen LogP contribution >= 0.6 is 0 Å². The summed E-state index contributed by atoms with van der Waals surface area (Å²) in [7, 11) is 1.47. The molecule has 0 N–H and O–H groups in total. The van der Waals surface area contributed by atoms with Gasteiger partial charge in [0.2, 0.25) is 0 Å². The number of methoxy groups -OCH3 is 1. The van der Waals surface area contributed by atoms with Crippen molar-refractivity contribution in [3.63, 3.8) is 0 Å². The topological polar surface area (TPSA) is 26.3 Å². The van der Waals surface area contributed by atoms with Crippen LogP contribution in [-0.2, 0) is 22.4 Å². The number of rotatable bonds is 1. The van der Waals surface area contributed by atoms with E-state index in [4.69, 9.17) is 4.74 Å². The van der Waals surface area contributed by atoms with Crippen LogP contribution in [0.2, 0.25) is 0 Å². The zero-order chi connectivity index (χ0) is 10.9. The van der Waals surface area contributed by atoms with Crippen LogP contribution in [0.4, 0.5) is 0 Å². The molecule has 1 aromatic rings. The molecule has 1 aliphatic carbocycles. The molecule has 0 aromatic heterocycles. The highest BCUT2D eigenvalue weighted by molar-refractivity contribution is 5.77. The predicted octanol–water partition coefficient (Wildman–Crippen LogP) is 2.35. The van der Waals surface area contributed by atoms with Crippen LogP contribution in [0.5, 0.6) is 0 Å². The van der Waals surface area contributed by atoms with Crippen LogP contribution in [0.25, 0.3) is 0 Å². The van der Waals surface area contributed by atoms with Gasteiger partial charge in [-0.2, -0.15) is 0 Å². The Labute approximate surface area is 90.3 Å². The van der Waals surface area contributed by atoms with E-state index in [9.17, 15) is 4.79 Å². The SMILES string of the molecule is COC(=O)C1(C)CCc2ccccc2C1. The molecule has 0 fully saturated rings. The molecular weight excluding hydrogens is 188 g/mol. The number of aryl methyl sites for hydroxylation is 1. The van der Waals surface area contributed by atoms with E-state index >= 15 is 0 Å². The van der Waals surface area contributed by atoms with Gasteiger partial charge in [-0.15, -0.1) is 0 Å². The lowest BCUT2D eigenvalue weighted by atomic mass is 9.73. The van der Waals surface area contributed by atoms with E-state index < -0.39 is 0 Å². The van der Waals surface area contributed by atoms with E-state index in [1.165, 1.54) is 18.2 Å². The minimum absolute atomic E-state index is 0.0861. The largest absolute Gasteiger partial charge is 0.469 e. The van der Waals surface area contributed by atoms with Crippen molar-refractivity contribution in [1.29, 1.82) is 0 Å². The van der Waals surface area contributed by atoms with Crippen molar-refractivity contribution in [3.8, 4) is 0 Å². The molecule has 0 spiro atoms. The molecule has 2 nitrogen and oxygen atoms in total. The van der Waals surface area contributed by atoms with Crippen LogP contribution in [0.15, 0.2) is 24.3 Å². The van der Waals surface area contributed by atoms with Gasteiger partial charge in [0, 0.05) is 0 Å². The summed E-state index contributed by atoms with van der Waals surface area (Å²) in [6, 6.07) is 8.34. The molecule has 1 unspecified atom stereocenters. The van der Waals surface area contributed by atoms with Gasteiger partial charge >= 0.3 is 5.97 Å². The Balaban J connectivity index is 2.28. The fourth-order valence-electron chi connectivity index (χ4n) is 2.31.